The molecule has 0 aliphatic rings. The summed E-state index contributed by atoms with van der Waals surface area (Å²) < 4.78 is 0. The molecule has 0 aliphatic heterocycles. The predicted octanol–water partition coefficient (Wildman–Crippen LogP) is 10.6. The molecule has 0 aromatic heterocycles. The maximum Gasteiger partial charge on any atom is 0.0797 e. The van der Waals surface area contributed by atoms with Crippen LogP contribution in [0.3, 0.4) is 0 Å². The summed E-state index contributed by atoms with van der Waals surface area (Å²) in [6.07, 6.45) is 41.6. The molecule has 0 bridgehead atoms. The van der Waals surface area contributed by atoms with Crippen molar-refractivity contribution in [2.75, 3.05) is 26.4 Å². The van der Waals surface area contributed by atoms with E-state index in [9.17, 15) is 0 Å². The lowest BCUT2D eigenvalue weighted by Crippen LogP contribution is -2.20. The maximum absolute atomic E-state index is 8.89. The zero-order valence-corrected chi connectivity index (χ0v) is 26.9. The third-order valence-corrected chi connectivity index (χ3v) is 7.74. The summed E-state index contributed by atoms with van der Waals surface area (Å²) >= 11 is 0. The van der Waals surface area contributed by atoms with Gasteiger partial charge >= 0.3 is 0 Å². The van der Waals surface area contributed by atoms with Crippen molar-refractivity contribution in [3.63, 3.8) is 0 Å². The van der Waals surface area contributed by atoms with Crippen molar-refractivity contribution in [2.24, 2.45) is 0 Å². The van der Waals surface area contributed by atoms with E-state index < -0.39 is 0 Å². The first-order valence-electron chi connectivity index (χ1n) is 17.8. The number of allylic oxidation sites excluding steroid dienone is 1. The largest absolute Gasteiger partial charge is 0.396 e. The fourth-order valence-corrected chi connectivity index (χ4v) is 5.12. The van der Waals surface area contributed by atoms with Crippen LogP contribution in [-0.4, -0.2) is 41.9 Å². The van der Waals surface area contributed by atoms with Crippen molar-refractivity contribution >= 4 is 0 Å². The van der Waals surface area contributed by atoms with Crippen LogP contribution in [0.25, 0.3) is 0 Å². The van der Waals surface area contributed by atoms with Gasteiger partial charge in [0.15, 0.2) is 0 Å². The first-order valence-corrected chi connectivity index (χ1v) is 17.8. The van der Waals surface area contributed by atoms with E-state index in [2.05, 4.69) is 13.0 Å². The lowest BCUT2D eigenvalue weighted by molar-refractivity contribution is -0.337. The zero-order chi connectivity index (χ0) is 29.0. The first-order chi connectivity index (χ1) is 19.8. The minimum Gasteiger partial charge on any atom is -0.396 e. The molecule has 0 spiro atoms. The molecule has 0 atom stereocenters. The Kier molecular flexibility index (Phi) is 35.8. The summed E-state index contributed by atoms with van der Waals surface area (Å²) in [6.45, 7) is 3.34. The fraction of sp³-hybridized carbons (Fsp3) is 0.943. The van der Waals surface area contributed by atoms with Crippen molar-refractivity contribution in [3.8, 4) is 0 Å². The second kappa shape index (κ2) is 36.4. The topological polar surface area (TPSA) is 62.2 Å². The average molecular weight is 570 g/mol. The third-order valence-electron chi connectivity index (χ3n) is 7.74. The van der Waals surface area contributed by atoms with Crippen LogP contribution in [0.2, 0.25) is 0 Å². The summed E-state index contributed by atoms with van der Waals surface area (Å²) in [6, 6.07) is 0. The molecule has 5 heteroatoms. The van der Waals surface area contributed by atoms with Gasteiger partial charge in [-0.15, -0.1) is 5.23 Å². The average Bonchev–Trinajstić information content (AvgIpc) is 2.96. The number of nitrogens with zero attached hydrogens (tertiary/aromatic N) is 1. The monoisotopic (exact) mass is 570 g/mol. The molecular weight excluding hydrogens is 498 g/mol. The Bertz CT molecular complexity index is 464. The molecule has 2 N–H and O–H groups in total. The Labute approximate surface area is 250 Å². The van der Waals surface area contributed by atoms with Gasteiger partial charge in [0.25, 0.3) is 0 Å². The third kappa shape index (κ3) is 33.6. The highest BCUT2D eigenvalue weighted by atomic mass is 16.9. The number of hydroxylamine groups is 2. The van der Waals surface area contributed by atoms with Crippen molar-refractivity contribution in [1.29, 1.82) is 0 Å². The number of aliphatic hydroxyl groups excluding tert-OH is 2. The molecule has 0 unspecified atom stereocenters. The van der Waals surface area contributed by atoms with E-state index >= 15 is 0 Å². The highest BCUT2D eigenvalue weighted by Gasteiger charge is 2.00. The molecule has 5 nitrogen and oxygen atoms in total. The molecule has 0 rings (SSSR count). The smallest absolute Gasteiger partial charge is 0.0797 e. The Morgan fingerprint density at radius 2 is 0.725 bits per heavy atom. The van der Waals surface area contributed by atoms with E-state index in [1.807, 2.05) is 6.20 Å². The first kappa shape index (κ1) is 39.4. The number of rotatable bonds is 35. The Balaban J connectivity index is 3.28. The molecule has 240 valence electrons. The lowest BCUT2D eigenvalue weighted by atomic mass is 10.0. The highest BCUT2D eigenvalue weighted by molar-refractivity contribution is 4.76. The van der Waals surface area contributed by atoms with Crippen LogP contribution < -0.4 is 0 Å². The van der Waals surface area contributed by atoms with Crippen LogP contribution in [0.15, 0.2) is 12.3 Å². The van der Waals surface area contributed by atoms with Crippen molar-refractivity contribution < 1.29 is 19.9 Å². The van der Waals surface area contributed by atoms with E-state index in [1.165, 1.54) is 166 Å². The predicted molar refractivity (Wildman–Crippen MR) is 172 cm³/mol. The van der Waals surface area contributed by atoms with E-state index in [1.54, 1.807) is 0 Å². The Morgan fingerprint density at radius 1 is 0.425 bits per heavy atom. The van der Waals surface area contributed by atoms with Crippen LogP contribution in [0, 0.1) is 0 Å². The van der Waals surface area contributed by atoms with Crippen LogP contribution in [-0.2, 0) is 9.68 Å². The van der Waals surface area contributed by atoms with Crippen molar-refractivity contribution in [3.05, 3.63) is 12.3 Å². The second-order valence-electron chi connectivity index (χ2n) is 11.8. The van der Waals surface area contributed by atoms with Crippen LogP contribution in [0.4, 0.5) is 0 Å². The Hall–Kier alpha value is -0.620. The normalized spacial score (nSPS) is 11.7. The fourth-order valence-electron chi connectivity index (χ4n) is 5.12. The van der Waals surface area contributed by atoms with Crippen LogP contribution in [0.5, 0.6) is 0 Å². The standard InChI is InChI=1S/C35H71NO4/c1-2-3-4-5-6-7-8-9-10-11-12-13-14-15-16-17-18-19-20-21-22-23-24-25-26-27-28-31-36(39-34-29-32-37)40-35-30-33-38/h28,31,37-38H,2-27,29-30,32-35H2,1H3. The van der Waals surface area contributed by atoms with E-state index in [0.717, 1.165) is 6.42 Å². The van der Waals surface area contributed by atoms with Gasteiger partial charge in [0.05, 0.1) is 19.4 Å². The summed E-state index contributed by atoms with van der Waals surface area (Å²) in [5, 5.41) is 19.1. The summed E-state index contributed by atoms with van der Waals surface area (Å²) in [5.41, 5.74) is 0. The summed E-state index contributed by atoms with van der Waals surface area (Å²) in [5.74, 6) is 0. The van der Waals surface area contributed by atoms with Gasteiger partial charge in [-0.3, -0.25) is 0 Å². The molecule has 0 aromatic rings. The highest BCUT2D eigenvalue weighted by Crippen LogP contribution is 2.16. The van der Waals surface area contributed by atoms with E-state index in [-0.39, 0.29) is 13.2 Å². The minimum atomic E-state index is 0.105. The number of hydrogen-bond acceptors (Lipinski definition) is 5. The van der Waals surface area contributed by atoms with Gasteiger partial charge in [-0.05, 0) is 25.7 Å². The van der Waals surface area contributed by atoms with Crippen LogP contribution in [0.1, 0.15) is 187 Å². The van der Waals surface area contributed by atoms with Gasteiger partial charge in [0, 0.05) is 13.2 Å². The molecule has 0 heterocycles. The Morgan fingerprint density at radius 3 is 1.02 bits per heavy atom. The molecule has 0 saturated heterocycles. The maximum atomic E-state index is 8.89. The molecule has 0 radical (unpaired) electrons. The number of unbranched alkanes of at least 4 members (excludes halogenated alkanes) is 25. The van der Waals surface area contributed by atoms with E-state index in [4.69, 9.17) is 19.9 Å². The van der Waals surface area contributed by atoms with Gasteiger partial charge in [-0.2, -0.15) is 0 Å². The molecule has 0 saturated carbocycles. The molecule has 40 heavy (non-hydrogen) atoms. The molecule has 0 amide bonds. The van der Waals surface area contributed by atoms with Gasteiger partial charge in [0.2, 0.25) is 0 Å². The van der Waals surface area contributed by atoms with Gasteiger partial charge in [-0.25, -0.2) is 9.68 Å². The molecule has 0 aromatic carbocycles. The van der Waals surface area contributed by atoms with Crippen molar-refractivity contribution in [1.82, 2.24) is 5.23 Å². The zero-order valence-electron chi connectivity index (χ0n) is 26.9. The molecule has 0 fully saturated rings. The van der Waals surface area contributed by atoms with Crippen LogP contribution >= 0.6 is 0 Å². The lowest BCUT2D eigenvalue weighted by Gasteiger charge is -2.18. The minimum absolute atomic E-state index is 0.105. The van der Waals surface area contributed by atoms with Crippen molar-refractivity contribution in [2.45, 2.75) is 187 Å². The second-order valence-corrected chi connectivity index (χ2v) is 11.8. The quantitative estimate of drug-likeness (QED) is 0.0587. The summed E-state index contributed by atoms with van der Waals surface area (Å²) in [4.78, 5) is 10.9. The molecule has 0 aliphatic carbocycles. The number of hydrogen-bond donors (Lipinski definition) is 2. The van der Waals surface area contributed by atoms with Gasteiger partial charge in [-0.1, -0.05) is 167 Å². The van der Waals surface area contributed by atoms with Gasteiger partial charge < -0.3 is 10.2 Å². The SMILES string of the molecule is CCCCCCCCCCCCCCCCCCCCCCCCCCCC=CN(OCCCO)OCCCO. The van der Waals surface area contributed by atoms with E-state index in [0.29, 0.717) is 26.1 Å². The number of aliphatic hydroxyl groups is 2. The summed E-state index contributed by atoms with van der Waals surface area (Å²) in [7, 11) is 0. The van der Waals surface area contributed by atoms with Gasteiger partial charge in [0.1, 0.15) is 0 Å². The molecular formula is C35H71NO4.